The smallest absolute Gasteiger partial charge is 0.170 e. The summed E-state index contributed by atoms with van der Waals surface area (Å²) in [5.74, 6) is 0.114. The monoisotopic (exact) mass is 230 g/mol. The SMILES string of the molecule is Cc1cnn(Cc2cccc(/C(N)=N/O)c2)c1. The van der Waals surface area contributed by atoms with Gasteiger partial charge in [-0.15, -0.1) is 0 Å². The predicted octanol–water partition coefficient (Wildman–Crippen LogP) is 1.33. The minimum Gasteiger partial charge on any atom is -0.409 e. The molecule has 0 amide bonds. The van der Waals surface area contributed by atoms with Crippen LogP contribution in [0.15, 0.2) is 41.8 Å². The lowest BCUT2D eigenvalue weighted by molar-refractivity contribution is 0.318. The number of benzene rings is 1. The van der Waals surface area contributed by atoms with Crippen molar-refractivity contribution in [3.63, 3.8) is 0 Å². The van der Waals surface area contributed by atoms with Gasteiger partial charge in [-0.1, -0.05) is 23.4 Å². The van der Waals surface area contributed by atoms with Crippen LogP contribution in [-0.4, -0.2) is 20.8 Å². The minimum atomic E-state index is 0.114. The van der Waals surface area contributed by atoms with Crippen LogP contribution in [0.4, 0.5) is 0 Å². The number of rotatable bonds is 3. The van der Waals surface area contributed by atoms with Crippen LogP contribution in [0, 0.1) is 6.92 Å². The van der Waals surface area contributed by atoms with Gasteiger partial charge in [0.25, 0.3) is 0 Å². The van der Waals surface area contributed by atoms with Gasteiger partial charge in [0.2, 0.25) is 0 Å². The van der Waals surface area contributed by atoms with E-state index in [0.717, 1.165) is 11.1 Å². The van der Waals surface area contributed by atoms with Crippen molar-refractivity contribution in [2.75, 3.05) is 0 Å². The molecule has 0 aliphatic heterocycles. The van der Waals surface area contributed by atoms with Crippen molar-refractivity contribution < 1.29 is 5.21 Å². The molecule has 0 fully saturated rings. The highest BCUT2D eigenvalue weighted by atomic mass is 16.4. The summed E-state index contributed by atoms with van der Waals surface area (Å²) in [7, 11) is 0. The molecule has 1 aromatic heterocycles. The van der Waals surface area contributed by atoms with Gasteiger partial charge in [0, 0.05) is 11.8 Å². The molecule has 0 radical (unpaired) electrons. The van der Waals surface area contributed by atoms with Gasteiger partial charge in [0.1, 0.15) is 0 Å². The van der Waals surface area contributed by atoms with Crippen LogP contribution in [0.3, 0.4) is 0 Å². The second kappa shape index (κ2) is 4.69. The summed E-state index contributed by atoms with van der Waals surface area (Å²) in [6.45, 7) is 2.66. The van der Waals surface area contributed by atoms with Crippen molar-refractivity contribution in [1.82, 2.24) is 9.78 Å². The first-order valence-corrected chi connectivity index (χ1v) is 5.25. The van der Waals surface area contributed by atoms with Crippen molar-refractivity contribution in [2.24, 2.45) is 10.9 Å². The summed E-state index contributed by atoms with van der Waals surface area (Å²) in [6.07, 6.45) is 3.78. The number of hydrogen-bond donors (Lipinski definition) is 2. The van der Waals surface area contributed by atoms with Crippen molar-refractivity contribution in [1.29, 1.82) is 0 Å². The third-order valence-electron chi connectivity index (χ3n) is 2.44. The molecular weight excluding hydrogens is 216 g/mol. The van der Waals surface area contributed by atoms with Gasteiger partial charge in [0.15, 0.2) is 5.84 Å². The molecule has 0 atom stereocenters. The molecule has 17 heavy (non-hydrogen) atoms. The Bertz CT molecular complexity index is 545. The van der Waals surface area contributed by atoms with E-state index in [1.165, 1.54) is 0 Å². The molecule has 1 aromatic carbocycles. The Balaban J connectivity index is 2.22. The van der Waals surface area contributed by atoms with E-state index >= 15 is 0 Å². The van der Waals surface area contributed by atoms with Gasteiger partial charge < -0.3 is 10.9 Å². The Kier molecular flexibility index (Phi) is 3.09. The average molecular weight is 230 g/mol. The molecule has 0 saturated carbocycles. The largest absolute Gasteiger partial charge is 0.409 e. The van der Waals surface area contributed by atoms with Gasteiger partial charge in [-0.3, -0.25) is 4.68 Å². The Morgan fingerprint density at radius 2 is 2.35 bits per heavy atom. The fourth-order valence-corrected chi connectivity index (χ4v) is 1.63. The van der Waals surface area contributed by atoms with Crippen molar-refractivity contribution in [3.05, 3.63) is 53.3 Å². The molecule has 1 heterocycles. The van der Waals surface area contributed by atoms with E-state index < -0.39 is 0 Å². The van der Waals surface area contributed by atoms with Gasteiger partial charge in [-0.25, -0.2) is 0 Å². The highest BCUT2D eigenvalue weighted by molar-refractivity contribution is 5.97. The van der Waals surface area contributed by atoms with Gasteiger partial charge in [0.05, 0.1) is 12.7 Å². The first kappa shape index (κ1) is 11.2. The first-order chi connectivity index (χ1) is 8.19. The normalized spacial score (nSPS) is 11.7. The molecule has 0 aliphatic carbocycles. The van der Waals surface area contributed by atoms with Crippen molar-refractivity contribution in [3.8, 4) is 0 Å². The third-order valence-corrected chi connectivity index (χ3v) is 2.44. The van der Waals surface area contributed by atoms with Crippen molar-refractivity contribution in [2.45, 2.75) is 13.5 Å². The van der Waals surface area contributed by atoms with E-state index in [1.807, 2.05) is 42.2 Å². The Morgan fingerprint density at radius 1 is 1.53 bits per heavy atom. The summed E-state index contributed by atoms with van der Waals surface area (Å²) in [6, 6.07) is 7.53. The fraction of sp³-hybridized carbons (Fsp3) is 0.167. The van der Waals surface area contributed by atoms with Crippen molar-refractivity contribution >= 4 is 5.84 Å². The van der Waals surface area contributed by atoms with Crippen LogP contribution in [-0.2, 0) is 6.54 Å². The summed E-state index contributed by atoms with van der Waals surface area (Å²) in [5, 5.41) is 15.8. The lowest BCUT2D eigenvalue weighted by Crippen LogP contribution is -2.13. The summed E-state index contributed by atoms with van der Waals surface area (Å²) in [4.78, 5) is 0. The van der Waals surface area contributed by atoms with Crippen LogP contribution >= 0.6 is 0 Å². The van der Waals surface area contributed by atoms with E-state index in [9.17, 15) is 0 Å². The Hall–Kier alpha value is -2.30. The molecule has 2 rings (SSSR count). The molecule has 0 aliphatic rings. The molecule has 5 nitrogen and oxygen atoms in total. The second-order valence-corrected chi connectivity index (χ2v) is 3.90. The zero-order chi connectivity index (χ0) is 12.3. The van der Waals surface area contributed by atoms with Gasteiger partial charge >= 0.3 is 0 Å². The lowest BCUT2D eigenvalue weighted by atomic mass is 10.1. The zero-order valence-corrected chi connectivity index (χ0v) is 9.54. The highest BCUT2D eigenvalue weighted by Gasteiger charge is 2.02. The van der Waals surface area contributed by atoms with Crippen LogP contribution in [0.5, 0.6) is 0 Å². The van der Waals surface area contributed by atoms with E-state index in [2.05, 4.69) is 10.3 Å². The van der Waals surface area contributed by atoms with Crippen LogP contribution in [0.1, 0.15) is 16.7 Å². The van der Waals surface area contributed by atoms with E-state index in [0.29, 0.717) is 12.1 Å². The highest BCUT2D eigenvalue weighted by Crippen LogP contribution is 2.07. The Labute approximate surface area is 99.2 Å². The molecule has 88 valence electrons. The zero-order valence-electron chi connectivity index (χ0n) is 9.54. The van der Waals surface area contributed by atoms with Crippen LogP contribution < -0.4 is 5.73 Å². The number of aryl methyl sites for hydroxylation is 1. The maximum absolute atomic E-state index is 8.62. The fourth-order valence-electron chi connectivity index (χ4n) is 1.63. The number of oxime groups is 1. The number of nitrogens with zero attached hydrogens (tertiary/aromatic N) is 3. The maximum Gasteiger partial charge on any atom is 0.170 e. The molecular formula is C12H14N4O. The number of hydrogen-bond acceptors (Lipinski definition) is 3. The van der Waals surface area contributed by atoms with Crippen LogP contribution in [0.25, 0.3) is 0 Å². The van der Waals surface area contributed by atoms with E-state index in [1.54, 1.807) is 6.07 Å². The quantitative estimate of drug-likeness (QED) is 0.361. The molecule has 3 N–H and O–H groups in total. The number of aromatic nitrogens is 2. The first-order valence-electron chi connectivity index (χ1n) is 5.25. The maximum atomic E-state index is 8.62. The summed E-state index contributed by atoms with van der Waals surface area (Å²) in [5.41, 5.74) is 8.42. The van der Waals surface area contributed by atoms with Crippen LogP contribution in [0.2, 0.25) is 0 Å². The molecule has 5 heteroatoms. The number of nitrogens with two attached hydrogens (primary N) is 1. The van der Waals surface area contributed by atoms with Gasteiger partial charge in [-0.2, -0.15) is 5.10 Å². The third kappa shape index (κ3) is 2.63. The van der Waals surface area contributed by atoms with Gasteiger partial charge in [-0.05, 0) is 24.1 Å². The average Bonchev–Trinajstić information content (AvgIpc) is 2.74. The van der Waals surface area contributed by atoms with E-state index in [4.69, 9.17) is 10.9 Å². The summed E-state index contributed by atoms with van der Waals surface area (Å²) >= 11 is 0. The molecule has 0 bridgehead atoms. The Morgan fingerprint density at radius 3 is 3.00 bits per heavy atom. The standard InChI is InChI=1S/C12H14N4O/c1-9-6-14-16(7-9)8-10-3-2-4-11(5-10)12(13)15-17/h2-7,17H,8H2,1H3,(H2,13,15). The molecule has 0 saturated heterocycles. The lowest BCUT2D eigenvalue weighted by Gasteiger charge is -2.04. The molecule has 0 unspecified atom stereocenters. The predicted molar refractivity (Wildman–Crippen MR) is 65.0 cm³/mol. The topological polar surface area (TPSA) is 76.4 Å². The second-order valence-electron chi connectivity index (χ2n) is 3.90. The molecule has 2 aromatic rings. The van der Waals surface area contributed by atoms with E-state index in [-0.39, 0.29) is 5.84 Å². The summed E-state index contributed by atoms with van der Waals surface area (Å²) < 4.78 is 1.85. The molecule has 0 spiro atoms. The minimum absolute atomic E-state index is 0.114. The number of amidine groups is 1.